The van der Waals surface area contributed by atoms with Crippen LogP contribution in [0.4, 0.5) is 5.69 Å². The first-order chi connectivity index (χ1) is 15.4. The van der Waals surface area contributed by atoms with Gasteiger partial charge in [-0.05, 0) is 44.9 Å². The Kier molecular flexibility index (Phi) is 6.82. The normalized spacial score (nSPS) is 18.0. The largest absolute Gasteiger partial charge is 0.457 e. The molecular formula is C22H29N3O6S. The van der Waals surface area contributed by atoms with Crippen molar-refractivity contribution in [3.05, 3.63) is 40.8 Å². The fourth-order valence-electron chi connectivity index (χ4n) is 4.10. The number of carbonyl (C=O) groups is 1. The molecule has 1 aromatic heterocycles. The monoisotopic (exact) mass is 463 g/mol. The highest BCUT2D eigenvalue weighted by Gasteiger charge is 2.29. The van der Waals surface area contributed by atoms with Gasteiger partial charge in [0.15, 0.2) is 0 Å². The number of sulfonamides is 1. The van der Waals surface area contributed by atoms with Gasteiger partial charge < -0.3 is 18.9 Å². The molecule has 2 fully saturated rings. The minimum absolute atomic E-state index is 0.00561. The molecule has 10 heteroatoms. The molecule has 0 bridgehead atoms. The number of nitrogens with zero attached hydrogens (tertiary/aromatic N) is 3. The minimum atomic E-state index is -3.68. The van der Waals surface area contributed by atoms with Crippen LogP contribution in [0.1, 0.15) is 46.6 Å². The van der Waals surface area contributed by atoms with Crippen LogP contribution in [0.3, 0.4) is 0 Å². The average Bonchev–Trinajstić information content (AvgIpc) is 3.15. The third-order valence-electron chi connectivity index (χ3n) is 6.02. The molecule has 0 spiro atoms. The maximum atomic E-state index is 13.2. The molecule has 0 saturated carbocycles. The van der Waals surface area contributed by atoms with E-state index < -0.39 is 16.0 Å². The van der Waals surface area contributed by atoms with Crippen LogP contribution in [-0.2, 0) is 26.1 Å². The van der Waals surface area contributed by atoms with E-state index in [1.54, 1.807) is 26.0 Å². The van der Waals surface area contributed by atoms with Gasteiger partial charge in [0, 0.05) is 26.2 Å². The number of aryl methyl sites for hydroxylation is 2. The maximum absolute atomic E-state index is 13.2. The van der Waals surface area contributed by atoms with Gasteiger partial charge in [0.25, 0.3) is 0 Å². The van der Waals surface area contributed by atoms with Crippen molar-refractivity contribution in [3.8, 4) is 0 Å². The lowest BCUT2D eigenvalue weighted by Crippen LogP contribution is -2.38. The van der Waals surface area contributed by atoms with E-state index in [0.29, 0.717) is 62.1 Å². The number of morpholine rings is 1. The third kappa shape index (κ3) is 4.67. The van der Waals surface area contributed by atoms with Crippen LogP contribution in [-0.4, -0.2) is 63.2 Å². The number of benzene rings is 1. The summed E-state index contributed by atoms with van der Waals surface area (Å²) in [7, 11) is -3.68. The topological polar surface area (TPSA) is 102 Å². The molecule has 0 aliphatic carbocycles. The molecule has 3 heterocycles. The molecule has 1 aromatic carbocycles. The maximum Gasteiger partial charge on any atom is 0.340 e. The average molecular weight is 464 g/mol. The number of hydrogen-bond acceptors (Lipinski definition) is 8. The van der Waals surface area contributed by atoms with E-state index in [1.165, 1.54) is 10.4 Å². The number of piperidine rings is 1. The molecule has 4 rings (SSSR count). The Balaban J connectivity index is 1.65. The quantitative estimate of drug-likeness (QED) is 0.603. The van der Waals surface area contributed by atoms with E-state index in [9.17, 15) is 13.2 Å². The van der Waals surface area contributed by atoms with Gasteiger partial charge in [-0.2, -0.15) is 4.31 Å². The van der Waals surface area contributed by atoms with Crippen LogP contribution in [0.5, 0.6) is 0 Å². The minimum Gasteiger partial charge on any atom is -0.457 e. The van der Waals surface area contributed by atoms with Crippen molar-refractivity contribution in [2.24, 2.45) is 0 Å². The first-order valence-electron chi connectivity index (χ1n) is 10.9. The molecule has 9 nitrogen and oxygen atoms in total. The number of esters is 1. The van der Waals surface area contributed by atoms with Crippen LogP contribution >= 0.6 is 0 Å². The van der Waals surface area contributed by atoms with Crippen LogP contribution < -0.4 is 4.90 Å². The zero-order valence-corrected chi connectivity index (χ0v) is 19.3. The smallest absolute Gasteiger partial charge is 0.340 e. The van der Waals surface area contributed by atoms with Gasteiger partial charge in [-0.1, -0.05) is 11.6 Å². The van der Waals surface area contributed by atoms with Gasteiger partial charge in [-0.25, -0.2) is 13.2 Å². The lowest BCUT2D eigenvalue weighted by Gasteiger charge is -2.31. The van der Waals surface area contributed by atoms with Crippen molar-refractivity contribution in [3.63, 3.8) is 0 Å². The van der Waals surface area contributed by atoms with E-state index in [1.807, 2.05) is 4.90 Å². The third-order valence-corrected chi connectivity index (χ3v) is 7.92. The van der Waals surface area contributed by atoms with Gasteiger partial charge in [-0.3, -0.25) is 0 Å². The lowest BCUT2D eigenvalue weighted by atomic mass is 10.1. The second kappa shape index (κ2) is 9.60. The summed E-state index contributed by atoms with van der Waals surface area (Å²) >= 11 is 0. The Morgan fingerprint density at radius 1 is 1.09 bits per heavy atom. The Bertz CT molecular complexity index is 1050. The molecule has 2 aliphatic heterocycles. The zero-order valence-electron chi connectivity index (χ0n) is 18.5. The molecule has 0 amide bonds. The molecule has 2 aromatic rings. The second-order valence-corrected chi connectivity index (χ2v) is 10.1. The summed E-state index contributed by atoms with van der Waals surface area (Å²) in [6, 6.07) is 4.73. The van der Waals surface area contributed by atoms with Crippen molar-refractivity contribution in [2.75, 3.05) is 44.3 Å². The molecule has 2 saturated heterocycles. The molecular weight excluding hydrogens is 434 g/mol. The van der Waals surface area contributed by atoms with Crippen molar-refractivity contribution in [1.82, 2.24) is 9.46 Å². The second-order valence-electron chi connectivity index (χ2n) is 8.12. The van der Waals surface area contributed by atoms with Crippen LogP contribution in [0, 0.1) is 13.8 Å². The van der Waals surface area contributed by atoms with E-state index >= 15 is 0 Å². The van der Waals surface area contributed by atoms with E-state index in [-0.39, 0.29) is 17.1 Å². The van der Waals surface area contributed by atoms with Gasteiger partial charge in [0.1, 0.15) is 12.4 Å². The number of hydrogen-bond donors (Lipinski definition) is 0. The van der Waals surface area contributed by atoms with Gasteiger partial charge in [0.05, 0.1) is 40.6 Å². The summed E-state index contributed by atoms with van der Waals surface area (Å²) in [6.45, 7) is 6.86. The van der Waals surface area contributed by atoms with Gasteiger partial charge in [0.2, 0.25) is 10.0 Å². The van der Waals surface area contributed by atoms with Crippen LogP contribution in [0.25, 0.3) is 0 Å². The number of rotatable bonds is 6. The van der Waals surface area contributed by atoms with Crippen molar-refractivity contribution < 1.29 is 27.2 Å². The molecule has 2 aliphatic rings. The highest BCUT2D eigenvalue weighted by atomic mass is 32.2. The number of aromatic nitrogens is 1. The highest BCUT2D eigenvalue weighted by Crippen LogP contribution is 2.29. The van der Waals surface area contributed by atoms with E-state index in [2.05, 4.69) is 5.16 Å². The molecule has 32 heavy (non-hydrogen) atoms. The highest BCUT2D eigenvalue weighted by molar-refractivity contribution is 7.89. The van der Waals surface area contributed by atoms with Gasteiger partial charge in [-0.15, -0.1) is 0 Å². The summed E-state index contributed by atoms with van der Waals surface area (Å²) in [5.74, 6) is 0.00677. The van der Waals surface area contributed by atoms with Crippen LogP contribution in [0.2, 0.25) is 0 Å². The van der Waals surface area contributed by atoms with E-state index in [4.69, 9.17) is 14.0 Å². The first-order valence-corrected chi connectivity index (χ1v) is 12.4. The predicted molar refractivity (Wildman–Crippen MR) is 117 cm³/mol. The number of ether oxygens (including phenoxy) is 2. The lowest BCUT2D eigenvalue weighted by molar-refractivity contribution is 0.0470. The van der Waals surface area contributed by atoms with Crippen molar-refractivity contribution in [2.45, 2.75) is 44.6 Å². The SMILES string of the molecule is Cc1noc(C)c1COC(=O)c1cc(S(=O)(=O)N2CCCCC2)ccc1N1CCOCC1. The summed E-state index contributed by atoms with van der Waals surface area (Å²) in [5, 5.41) is 3.88. The summed E-state index contributed by atoms with van der Waals surface area (Å²) in [5.41, 5.74) is 2.25. The standard InChI is InChI=1S/C22H29N3O6S/c1-16-20(17(2)31-23-16)15-30-22(26)19-14-18(32(27,28)25-8-4-3-5-9-25)6-7-21(19)24-10-12-29-13-11-24/h6-7,14H,3-5,8-13,15H2,1-2H3. The zero-order chi connectivity index (χ0) is 22.7. The van der Waals surface area contributed by atoms with E-state index in [0.717, 1.165) is 19.3 Å². The Hall–Kier alpha value is -2.43. The summed E-state index contributed by atoms with van der Waals surface area (Å²) < 4.78 is 44.0. The number of carbonyl (C=O) groups excluding carboxylic acids is 1. The van der Waals surface area contributed by atoms with Gasteiger partial charge >= 0.3 is 5.97 Å². The predicted octanol–water partition coefficient (Wildman–Crippen LogP) is 2.66. The first kappa shape index (κ1) is 22.8. The molecule has 174 valence electrons. The Morgan fingerprint density at radius 3 is 2.47 bits per heavy atom. The fourth-order valence-corrected chi connectivity index (χ4v) is 5.64. The fraction of sp³-hybridized carbons (Fsp3) is 0.545. The number of anilines is 1. The summed E-state index contributed by atoms with van der Waals surface area (Å²) in [6.07, 6.45) is 2.72. The van der Waals surface area contributed by atoms with Crippen molar-refractivity contribution in [1.29, 1.82) is 0 Å². The Morgan fingerprint density at radius 2 is 1.81 bits per heavy atom. The molecule has 0 unspecified atom stereocenters. The molecule has 0 atom stereocenters. The summed E-state index contributed by atoms with van der Waals surface area (Å²) in [4.78, 5) is 15.3. The van der Waals surface area contributed by atoms with Crippen LogP contribution in [0.15, 0.2) is 27.6 Å². The molecule has 0 N–H and O–H groups in total. The van der Waals surface area contributed by atoms with Crippen molar-refractivity contribution >= 4 is 21.7 Å². The molecule has 0 radical (unpaired) electrons. The Labute approximate surface area is 188 Å².